The summed E-state index contributed by atoms with van der Waals surface area (Å²) in [5, 5.41) is 10.1. The fourth-order valence-corrected chi connectivity index (χ4v) is 2.74. The SMILES string of the molecule is Oc1ccccc1-c1nc(-c2ccccc2F)n2ccccc12. The van der Waals surface area contributed by atoms with Crippen LogP contribution in [0.3, 0.4) is 0 Å². The Bertz CT molecular complexity index is 928. The predicted octanol–water partition coefficient (Wildman–Crippen LogP) is 4.51. The number of fused-ring (bicyclic) bond motifs is 1. The molecule has 0 aliphatic heterocycles. The van der Waals surface area contributed by atoms with Crippen molar-refractivity contribution in [1.29, 1.82) is 0 Å². The van der Waals surface area contributed by atoms with Gasteiger partial charge in [-0.15, -0.1) is 0 Å². The smallest absolute Gasteiger partial charge is 0.148 e. The molecule has 112 valence electrons. The number of phenols is 1. The monoisotopic (exact) mass is 304 g/mol. The molecule has 0 saturated heterocycles. The van der Waals surface area contributed by atoms with E-state index >= 15 is 0 Å². The summed E-state index contributed by atoms with van der Waals surface area (Å²) in [4.78, 5) is 4.61. The molecule has 3 nitrogen and oxygen atoms in total. The highest BCUT2D eigenvalue weighted by Gasteiger charge is 2.17. The van der Waals surface area contributed by atoms with Crippen LogP contribution in [0.5, 0.6) is 5.75 Å². The maximum atomic E-state index is 14.2. The normalized spacial score (nSPS) is 11.0. The first kappa shape index (κ1) is 13.5. The molecule has 2 aromatic heterocycles. The number of pyridine rings is 1. The first-order chi connectivity index (χ1) is 11.3. The van der Waals surface area contributed by atoms with Crippen molar-refractivity contribution in [1.82, 2.24) is 9.38 Å². The van der Waals surface area contributed by atoms with Crippen LogP contribution in [0.1, 0.15) is 0 Å². The van der Waals surface area contributed by atoms with E-state index in [0.29, 0.717) is 22.6 Å². The third-order valence-electron chi connectivity index (χ3n) is 3.82. The molecule has 2 heterocycles. The minimum absolute atomic E-state index is 0.149. The highest BCUT2D eigenvalue weighted by atomic mass is 19.1. The maximum absolute atomic E-state index is 14.2. The Kier molecular flexibility index (Phi) is 3.08. The van der Waals surface area contributed by atoms with Gasteiger partial charge in [0.05, 0.1) is 11.1 Å². The van der Waals surface area contributed by atoms with Crippen molar-refractivity contribution in [3.63, 3.8) is 0 Å². The highest BCUT2D eigenvalue weighted by Crippen LogP contribution is 2.34. The third-order valence-corrected chi connectivity index (χ3v) is 3.82. The van der Waals surface area contributed by atoms with Crippen molar-refractivity contribution in [3.05, 3.63) is 78.7 Å². The van der Waals surface area contributed by atoms with Gasteiger partial charge in [0.2, 0.25) is 0 Å². The van der Waals surface area contributed by atoms with Crippen molar-refractivity contribution in [2.75, 3.05) is 0 Å². The summed E-state index contributed by atoms with van der Waals surface area (Å²) in [6, 6.07) is 19.2. The van der Waals surface area contributed by atoms with Crippen molar-refractivity contribution in [3.8, 4) is 28.4 Å². The Morgan fingerprint density at radius 2 is 1.52 bits per heavy atom. The molecule has 0 radical (unpaired) electrons. The lowest BCUT2D eigenvalue weighted by molar-refractivity contribution is 0.477. The molecule has 0 aliphatic rings. The predicted molar refractivity (Wildman–Crippen MR) is 87.7 cm³/mol. The van der Waals surface area contributed by atoms with Gasteiger partial charge in [0.15, 0.2) is 0 Å². The Balaban J connectivity index is 2.06. The second kappa shape index (κ2) is 5.25. The summed E-state index contributed by atoms with van der Waals surface area (Å²) in [7, 11) is 0. The van der Waals surface area contributed by atoms with Gasteiger partial charge in [0.1, 0.15) is 23.1 Å². The topological polar surface area (TPSA) is 37.5 Å². The number of aromatic hydroxyl groups is 1. The number of aromatic nitrogens is 2. The van der Waals surface area contributed by atoms with Gasteiger partial charge in [-0.25, -0.2) is 9.37 Å². The zero-order valence-electron chi connectivity index (χ0n) is 12.1. The molecule has 4 rings (SSSR count). The molecule has 0 saturated carbocycles. The summed E-state index contributed by atoms with van der Waals surface area (Å²) >= 11 is 0. The van der Waals surface area contributed by atoms with E-state index in [9.17, 15) is 9.50 Å². The summed E-state index contributed by atoms with van der Waals surface area (Å²) in [5.41, 5.74) is 2.49. The molecule has 0 aliphatic carbocycles. The molecule has 1 N–H and O–H groups in total. The second-order valence-electron chi connectivity index (χ2n) is 5.24. The van der Waals surface area contributed by atoms with Gasteiger partial charge >= 0.3 is 0 Å². The second-order valence-corrected chi connectivity index (χ2v) is 5.24. The Labute approximate surface area is 132 Å². The van der Waals surface area contributed by atoms with E-state index < -0.39 is 0 Å². The van der Waals surface area contributed by atoms with Crippen LogP contribution in [-0.4, -0.2) is 14.5 Å². The van der Waals surface area contributed by atoms with Crippen molar-refractivity contribution < 1.29 is 9.50 Å². The van der Waals surface area contributed by atoms with E-state index in [1.807, 2.05) is 34.9 Å². The van der Waals surface area contributed by atoms with Crippen LogP contribution in [-0.2, 0) is 0 Å². The van der Waals surface area contributed by atoms with E-state index in [-0.39, 0.29) is 11.6 Å². The Morgan fingerprint density at radius 3 is 2.30 bits per heavy atom. The highest BCUT2D eigenvalue weighted by molar-refractivity contribution is 5.84. The average molecular weight is 304 g/mol. The van der Waals surface area contributed by atoms with Gasteiger partial charge in [0, 0.05) is 11.8 Å². The quantitative estimate of drug-likeness (QED) is 0.591. The molecule has 2 aromatic carbocycles. The molecule has 0 atom stereocenters. The third kappa shape index (κ3) is 2.16. The van der Waals surface area contributed by atoms with Crippen LogP contribution >= 0.6 is 0 Å². The van der Waals surface area contributed by atoms with E-state index in [4.69, 9.17) is 0 Å². The number of benzene rings is 2. The molecule has 4 aromatic rings. The van der Waals surface area contributed by atoms with E-state index in [0.717, 1.165) is 5.52 Å². The Morgan fingerprint density at radius 1 is 0.826 bits per heavy atom. The minimum Gasteiger partial charge on any atom is -0.507 e. The Hall–Kier alpha value is -3.14. The zero-order valence-corrected chi connectivity index (χ0v) is 12.1. The maximum Gasteiger partial charge on any atom is 0.148 e. The molecular formula is C19H13FN2O. The number of hydrogen-bond acceptors (Lipinski definition) is 2. The number of hydrogen-bond donors (Lipinski definition) is 1. The molecular weight excluding hydrogens is 291 g/mol. The first-order valence-corrected chi connectivity index (χ1v) is 7.26. The van der Waals surface area contributed by atoms with Crippen LogP contribution in [0.2, 0.25) is 0 Å². The van der Waals surface area contributed by atoms with Gasteiger partial charge in [-0.05, 0) is 36.4 Å². The largest absolute Gasteiger partial charge is 0.507 e. The lowest BCUT2D eigenvalue weighted by Crippen LogP contribution is -1.91. The van der Waals surface area contributed by atoms with Crippen LogP contribution in [0, 0.1) is 5.82 Å². The number of imidazole rings is 1. The van der Waals surface area contributed by atoms with Crippen LogP contribution in [0.25, 0.3) is 28.2 Å². The number of rotatable bonds is 2. The van der Waals surface area contributed by atoms with Crippen LogP contribution in [0.15, 0.2) is 72.9 Å². The lowest BCUT2D eigenvalue weighted by Gasteiger charge is -2.02. The molecule has 0 bridgehead atoms. The van der Waals surface area contributed by atoms with Gasteiger partial charge in [0.25, 0.3) is 0 Å². The average Bonchev–Trinajstić information content (AvgIpc) is 2.95. The molecule has 0 spiro atoms. The summed E-state index contributed by atoms with van der Waals surface area (Å²) in [5.74, 6) is 0.334. The van der Waals surface area contributed by atoms with Gasteiger partial charge in [-0.3, -0.25) is 4.40 Å². The molecule has 0 amide bonds. The van der Waals surface area contributed by atoms with Crippen molar-refractivity contribution >= 4 is 5.52 Å². The van der Waals surface area contributed by atoms with E-state index in [2.05, 4.69) is 4.98 Å². The van der Waals surface area contributed by atoms with Crippen molar-refractivity contribution in [2.45, 2.75) is 0 Å². The fraction of sp³-hybridized carbons (Fsp3) is 0. The summed E-state index contributed by atoms with van der Waals surface area (Å²) in [6.45, 7) is 0. The van der Waals surface area contributed by atoms with Gasteiger partial charge in [-0.2, -0.15) is 0 Å². The standard InChI is InChI=1S/C19H13FN2O/c20-15-9-3-1-7-13(15)19-21-18(14-8-2-4-11-17(14)23)16-10-5-6-12-22(16)19/h1-12,23H. The van der Waals surface area contributed by atoms with Crippen LogP contribution < -0.4 is 0 Å². The number of halogens is 1. The molecule has 0 fully saturated rings. The van der Waals surface area contributed by atoms with Gasteiger partial charge in [-0.1, -0.05) is 30.3 Å². The molecule has 4 heteroatoms. The molecule has 0 unspecified atom stereocenters. The summed E-state index contributed by atoms with van der Waals surface area (Å²) in [6.07, 6.45) is 1.84. The number of nitrogens with zero attached hydrogens (tertiary/aromatic N) is 2. The van der Waals surface area contributed by atoms with E-state index in [1.165, 1.54) is 6.07 Å². The fourth-order valence-electron chi connectivity index (χ4n) is 2.74. The first-order valence-electron chi connectivity index (χ1n) is 7.26. The number of phenolic OH excluding ortho intramolecular Hbond substituents is 1. The lowest BCUT2D eigenvalue weighted by atomic mass is 10.1. The van der Waals surface area contributed by atoms with E-state index in [1.54, 1.807) is 36.4 Å². The van der Waals surface area contributed by atoms with Crippen molar-refractivity contribution in [2.24, 2.45) is 0 Å². The molecule has 23 heavy (non-hydrogen) atoms. The summed E-state index contributed by atoms with van der Waals surface area (Å²) < 4.78 is 16.0. The zero-order chi connectivity index (χ0) is 15.8. The minimum atomic E-state index is -0.327. The van der Waals surface area contributed by atoms with Crippen LogP contribution in [0.4, 0.5) is 4.39 Å². The number of para-hydroxylation sites is 1. The van der Waals surface area contributed by atoms with Gasteiger partial charge < -0.3 is 5.11 Å².